The standard InChI is InChI=1S/C22H19N7O2S/c1-28-13-16(12-23-28)20(30)25-26-22(32)24-21(31)18-14-29(17-10-6-3-7-11-17)27-19(18)15-8-4-2-5-9-15/h2-14H,1H3,(H,25,30)(H2,24,26,31,32). The Morgan fingerprint density at radius 2 is 1.59 bits per heavy atom. The minimum atomic E-state index is -0.459. The molecule has 0 bridgehead atoms. The van der Waals surface area contributed by atoms with E-state index < -0.39 is 11.8 Å². The van der Waals surface area contributed by atoms with Gasteiger partial charge in [-0.05, 0) is 24.4 Å². The van der Waals surface area contributed by atoms with Crippen LogP contribution in [-0.4, -0.2) is 36.5 Å². The summed E-state index contributed by atoms with van der Waals surface area (Å²) in [5.74, 6) is -0.893. The Morgan fingerprint density at radius 1 is 0.906 bits per heavy atom. The van der Waals surface area contributed by atoms with E-state index in [1.54, 1.807) is 24.1 Å². The molecule has 2 heterocycles. The summed E-state index contributed by atoms with van der Waals surface area (Å²) in [5.41, 5.74) is 7.75. The number of hydrogen-bond acceptors (Lipinski definition) is 5. The van der Waals surface area contributed by atoms with E-state index in [-0.39, 0.29) is 5.11 Å². The highest BCUT2D eigenvalue weighted by atomic mass is 32.1. The van der Waals surface area contributed by atoms with E-state index in [0.717, 1.165) is 11.3 Å². The largest absolute Gasteiger partial charge is 0.298 e. The quantitative estimate of drug-likeness (QED) is 0.329. The fraction of sp³-hybridized carbons (Fsp3) is 0.0455. The summed E-state index contributed by atoms with van der Waals surface area (Å²) in [7, 11) is 1.70. The number of rotatable bonds is 4. The molecule has 0 saturated heterocycles. The van der Waals surface area contributed by atoms with Crippen molar-refractivity contribution in [2.24, 2.45) is 7.05 Å². The Kier molecular flexibility index (Phi) is 6.04. The van der Waals surface area contributed by atoms with Gasteiger partial charge >= 0.3 is 0 Å². The molecule has 10 heteroatoms. The summed E-state index contributed by atoms with van der Waals surface area (Å²) in [4.78, 5) is 25.1. The number of thiocarbonyl (C=S) groups is 1. The fourth-order valence-electron chi connectivity index (χ4n) is 2.99. The molecule has 0 radical (unpaired) electrons. The molecule has 32 heavy (non-hydrogen) atoms. The number of amides is 2. The van der Waals surface area contributed by atoms with Crippen molar-refractivity contribution in [2.75, 3.05) is 0 Å². The first-order chi connectivity index (χ1) is 15.5. The van der Waals surface area contributed by atoms with Crippen molar-refractivity contribution in [1.82, 2.24) is 35.7 Å². The van der Waals surface area contributed by atoms with Gasteiger partial charge in [0, 0.05) is 25.0 Å². The number of carbonyl (C=O) groups is 2. The molecule has 4 rings (SSSR count). The summed E-state index contributed by atoms with van der Waals surface area (Å²) < 4.78 is 3.14. The lowest BCUT2D eigenvalue weighted by molar-refractivity contribution is 0.0934. The normalized spacial score (nSPS) is 10.4. The van der Waals surface area contributed by atoms with Gasteiger partial charge in [0.2, 0.25) is 0 Å². The Bertz CT molecular complexity index is 1270. The first-order valence-corrected chi connectivity index (χ1v) is 10.0. The molecular weight excluding hydrogens is 426 g/mol. The van der Waals surface area contributed by atoms with Crippen LogP contribution in [-0.2, 0) is 7.05 Å². The van der Waals surface area contributed by atoms with Gasteiger partial charge in [0.1, 0.15) is 5.69 Å². The zero-order valence-corrected chi connectivity index (χ0v) is 17.8. The van der Waals surface area contributed by atoms with Gasteiger partial charge in [0.05, 0.1) is 23.0 Å². The average molecular weight is 446 g/mol. The van der Waals surface area contributed by atoms with Crippen LogP contribution in [0.4, 0.5) is 0 Å². The third kappa shape index (κ3) is 4.71. The monoisotopic (exact) mass is 445 g/mol. The molecule has 160 valence electrons. The van der Waals surface area contributed by atoms with Gasteiger partial charge in [-0.25, -0.2) is 4.68 Å². The van der Waals surface area contributed by atoms with Crippen LogP contribution in [0.15, 0.2) is 79.3 Å². The lowest BCUT2D eigenvalue weighted by atomic mass is 10.1. The highest BCUT2D eigenvalue weighted by Gasteiger charge is 2.19. The molecule has 0 aliphatic heterocycles. The number of nitrogens with zero attached hydrogens (tertiary/aromatic N) is 4. The van der Waals surface area contributed by atoms with Crippen LogP contribution in [0.2, 0.25) is 0 Å². The van der Waals surface area contributed by atoms with E-state index in [2.05, 4.69) is 26.4 Å². The number of nitrogens with one attached hydrogen (secondary N) is 3. The van der Waals surface area contributed by atoms with Gasteiger partial charge in [-0.3, -0.25) is 30.4 Å². The second-order valence-corrected chi connectivity index (χ2v) is 7.21. The Hall–Kier alpha value is -4.31. The molecule has 4 aromatic rings. The molecule has 0 spiro atoms. The van der Waals surface area contributed by atoms with E-state index in [9.17, 15) is 9.59 Å². The van der Waals surface area contributed by atoms with Crippen LogP contribution < -0.4 is 16.2 Å². The number of aryl methyl sites for hydroxylation is 1. The lowest BCUT2D eigenvalue weighted by Gasteiger charge is -2.10. The number of para-hydroxylation sites is 1. The number of hydrazine groups is 1. The molecule has 0 aliphatic carbocycles. The highest BCUT2D eigenvalue weighted by molar-refractivity contribution is 7.80. The molecule has 2 aromatic heterocycles. The summed E-state index contributed by atoms with van der Waals surface area (Å²) in [6.07, 6.45) is 4.62. The Labute approximate surface area is 189 Å². The second kappa shape index (κ2) is 9.23. The van der Waals surface area contributed by atoms with Crippen molar-refractivity contribution < 1.29 is 9.59 Å². The number of carbonyl (C=O) groups excluding carboxylic acids is 2. The van der Waals surface area contributed by atoms with Crippen molar-refractivity contribution in [1.29, 1.82) is 0 Å². The number of benzene rings is 2. The molecule has 9 nitrogen and oxygen atoms in total. The van der Waals surface area contributed by atoms with Crippen LogP contribution in [0.1, 0.15) is 20.7 Å². The van der Waals surface area contributed by atoms with E-state index in [0.29, 0.717) is 16.8 Å². The van der Waals surface area contributed by atoms with E-state index >= 15 is 0 Å². The van der Waals surface area contributed by atoms with Crippen LogP contribution in [0, 0.1) is 0 Å². The summed E-state index contributed by atoms with van der Waals surface area (Å²) in [5, 5.41) is 11.1. The molecule has 0 fully saturated rings. The smallest absolute Gasteiger partial charge is 0.272 e. The Balaban J connectivity index is 1.51. The average Bonchev–Trinajstić information content (AvgIpc) is 3.46. The van der Waals surface area contributed by atoms with Gasteiger partial charge in [0.25, 0.3) is 11.8 Å². The van der Waals surface area contributed by atoms with Crippen molar-refractivity contribution >= 4 is 29.1 Å². The lowest BCUT2D eigenvalue weighted by Crippen LogP contribution is -2.48. The Morgan fingerprint density at radius 3 is 2.25 bits per heavy atom. The zero-order chi connectivity index (χ0) is 22.5. The maximum Gasteiger partial charge on any atom is 0.272 e. The molecule has 2 aromatic carbocycles. The summed E-state index contributed by atoms with van der Waals surface area (Å²) >= 11 is 5.16. The summed E-state index contributed by atoms with van der Waals surface area (Å²) in [6.45, 7) is 0. The van der Waals surface area contributed by atoms with Gasteiger partial charge in [-0.1, -0.05) is 48.5 Å². The minimum absolute atomic E-state index is 0.0567. The third-order valence-corrected chi connectivity index (χ3v) is 4.71. The van der Waals surface area contributed by atoms with Crippen molar-refractivity contribution in [3.63, 3.8) is 0 Å². The highest BCUT2D eigenvalue weighted by Crippen LogP contribution is 2.23. The molecule has 2 amide bonds. The molecule has 0 atom stereocenters. The van der Waals surface area contributed by atoms with Crippen molar-refractivity contribution in [3.05, 3.63) is 90.4 Å². The zero-order valence-electron chi connectivity index (χ0n) is 17.0. The first-order valence-electron chi connectivity index (χ1n) is 9.62. The van der Waals surface area contributed by atoms with Crippen molar-refractivity contribution in [2.45, 2.75) is 0 Å². The van der Waals surface area contributed by atoms with Crippen LogP contribution in [0.5, 0.6) is 0 Å². The molecule has 0 saturated carbocycles. The summed E-state index contributed by atoms with van der Waals surface area (Å²) in [6, 6.07) is 18.9. The fourth-order valence-corrected chi connectivity index (χ4v) is 3.13. The van der Waals surface area contributed by atoms with Gasteiger partial charge in [0.15, 0.2) is 5.11 Å². The molecule has 0 aliphatic rings. The molecular formula is C22H19N7O2S. The first kappa shape index (κ1) is 20.9. The third-order valence-electron chi connectivity index (χ3n) is 4.51. The number of aromatic nitrogens is 4. The predicted molar refractivity (Wildman–Crippen MR) is 123 cm³/mol. The minimum Gasteiger partial charge on any atom is -0.298 e. The van der Waals surface area contributed by atoms with Crippen LogP contribution >= 0.6 is 12.2 Å². The van der Waals surface area contributed by atoms with E-state index in [1.165, 1.54) is 10.9 Å². The SMILES string of the molecule is Cn1cc(C(=O)NNC(=S)NC(=O)c2cn(-c3ccccc3)nc2-c2ccccc2)cn1. The van der Waals surface area contributed by atoms with E-state index in [1.807, 2.05) is 60.7 Å². The predicted octanol–water partition coefficient (Wildman–Crippen LogP) is 2.22. The molecule has 3 N–H and O–H groups in total. The van der Waals surface area contributed by atoms with Crippen molar-refractivity contribution in [3.8, 4) is 16.9 Å². The van der Waals surface area contributed by atoms with Gasteiger partial charge in [-0.15, -0.1) is 0 Å². The second-order valence-electron chi connectivity index (χ2n) is 6.80. The van der Waals surface area contributed by atoms with E-state index in [4.69, 9.17) is 12.2 Å². The topological polar surface area (TPSA) is 106 Å². The number of hydrogen-bond donors (Lipinski definition) is 3. The maximum absolute atomic E-state index is 13.0. The van der Waals surface area contributed by atoms with Gasteiger partial charge in [-0.2, -0.15) is 10.2 Å². The van der Waals surface area contributed by atoms with Gasteiger partial charge < -0.3 is 0 Å². The maximum atomic E-state index is 13.0. The molecule has 0 unspecified atom stereocenters. The van der Waals surface area contributed by atoms with Crippen LogP contribution in [0.3, 0.4) is 0 Å². The van der Waals surface area contributed by atoms with Crippen LogP contribution in [0.25, 0.3) is 16.9 Å².